The molecule has 2 heterocycles. The van der Waals surface area contributed by atoms with Gasteiger partial charge in [0.15, 0.2) is 0 Å². The van der Waals surface area contributed by atoms with Crippen molar-refractivity contribution in [2.24, 2.45) is 0 Å². The van der Waals surface area contributed by atoms with Gasteiger partial charge in [0.05, 0.1) is 5.69 Å². The van der Waals surface area contributed by atoms with Gasteiger partial charge in [-0.05, 0) is 32.4 Å². The van der Waals surface area contributed by atoms with Crippen molar-refractivity contribution in [2.75, 3.05) is 0 Å². The zero-order valence-electron chi connectivity index (χ0n) is 10.5. The largest absolute Gasteiger partial charge is 0.466 e. The van der Waals surface area contributed by atoms with Crippen LogP contribution in [0.25, 0.3) is 0 Å². The normalized spacial score (nSPS) is 12.9. The Morgan fingerprint density at radius 2 is 2.24 bits per heavy atom. The molecule has 0 aromatic carbocycles. The molecule has 2 aromatic rings. The molecule has 1 N–H and O–H groups in total. The average Bonchev–Trinajstić information content (AvgIpc) is 2.85. The summed E-state index contributed by atoms with van der Waals surface area (Å²) in [6.45, 7) is 6.65. The molecule has 0 fully saturated rings. The SMILES string of the molecule is CCCn1nccc1C(O)c1cc(C)oc1C. The second-order valence-corrected chi connectivity index (χ2v) is 4.25. The van der Waals surface area contributed by atoms with Crippen LogP contribution in [0.1, 0.15) is 42.2 Å². The number of aryl methyl sites for hydroxylation is 3. The van der Waals surface area contributed by atoms with E-state index in [1.807, 2.05) is 30.7 Å². The Morgan fingerprint density at radius 1 is 1.47 bits per heavy atom. The number of hydrogen-bond acceptors (Lipinski definition) is 3. The number of nitrogens with zero attached hydrogens (tertiary/aromatic N) is 2. The Bertz CT molecular complexity index is 499. The third-order valence-electron chi connectivity index (χ3n) is 2.84. The van der Waals surface area contributed by atoms with E-state index >= 15 is 0 Å². The van der Waals surface area contributed by atoms with Crippen molar-refractivity contribution in [1.29, 1.82) is 0 Å². The molecule has 0 spiro atoms. The first kappa shape index (κ1) is 11.9. The van der Waals surface area contributed by atoms with Gasteiger partial charge in [0, 0.05) is 18.3 Å². The highest BCUT2D eigenvalue weighted by Crippen LogP contribution is 2.27. The number of aliphatic hydroxyl groups is 1. The van der Waals surface area contributed by atoms with Crippen LogP contribution < -0.4 is 0 Å². The summed E-state index contributed by atoms with van der Waals surface area (Å²) in [6, 6.07) is 3.73. The van der Waals surface area contributed by atoms with Crippen molar-refractivity contribution in [3.05, 3.63) is 41.1 Å². The lowest BCUT2D eigenvalue weighted by molar-refractivity contribution is 0.205. The van der Waals surface area contributed by atoms with Gasteiger partial charge in [-0.1, -0.05) is 6.92 Å². The van der Waals surface area contributed by atoms with E-state index in [0.717, 1.165) is 35.7 Å². The van der Waals surface area contributed by atoms with Gasteiger partial charge in [0.2, 0.25) is 0 Å². The molecule has 0 aliphatic rings. The first-order chi connectivity index (χ1) is 8.13. The minimum absolute atomic E-state index is 0.665. The topological polar surface area (TPSA) is 51.2 Å². The Morgan fingerprint density at radius 3 is 2.82 bits per heavy atom. The van der Waals surface area contributed by atoms with E-state index in [4.69, 9.17) is 4.42 Å². The van der Waals surface area contributed by atoms with Crippen molar-refractivity contribution < 1.29 is 9.52 Å². The van der Waals surface area contributed by atoms with Gasteiger partial charge in [-0.3, -0.25) is 4.68 Å². The third kappa shape index (κ3) is 2.26. The monoisotopic (exact) mass is 234 g/mol. The van der Waals surface area contributed by atoms with Crippen LogP contribution in [0, 0.1) is 13.8 Å². The summed E-state index contributed by atoms with van der Waals surface area (Å²) in [5.41, 5.74) is 1.64. The summed E-state index contributed by atoms with van der Waals surface area (Å²) in [6.07, 6.45) is 2.04. The summed E-state index contributed by atoms with van der Waals surface area (Å²) < 4.78 is 7.28. The highest BCUT2D eigenvalue weighted by atomic mass is 16.3. The van der Waals surface area contributed by atoms with Crippen molar-refractivity contribution >= 4 is 0 Å². The van der Waals surface area contributed by atoms with Crippen molar-refractivity contribution in [3.63, 3.8) is 0 Å². The minimum Gasteiger partial charge on any atom is -0.466 e. The molecule has 1 atom stereocenters. The van der Waals surface area contributed by atoms with Gasteiger partial charge < -0.3 is 9.52 Å². The fourth-order valence-corrected chi connectivity index (χ4v) is 2.06. The van der Waals surface area contributed by atoms with Gasteiger partial charge in [-0.2, -0.15) is 5.10 Å². The Labute approximate surface area is 101 Å². The molecule has 0 aliphatic heterocycles. The standard InChI is InChI=1S/C13H18N2O2/c1-4-7-15-12(5-6-14-15)13(16)11-8-9(2)17-10(11)3/h5-6,8,13,16H,4,7H2,1-3H3. The maximum atomic E-state index is 10.4. The quantitative estimate of drug-likeness (QED) is 0.884. The van der Waals surface area contributed by atoms with Crippen LogP contribution >= 0.6 is 0 Å². The lowest BCUT2D eigenvalue weighted by Crippen LogP contribution is -2.10. The van der Waals surface area contributed by atoms with E-state index < -0.39 is 6.10 Å². The molecule has 4 heteroatoms. The van der Waals surface area contributed by atoms with E-state index in [0.29, 0.717) is 0 Å². The molecule has 0 amide bonds. The molecule has 2 rings (SSSR count). The van der Waals surface area contributed by atoms with Crippen molar-refractivity contribution in [1.82, 2.24) is 9.78 Å². The van der Waals surface area contributed by atoms with E-state index in [2.05, 4.69) is 12.0 Å². The smallest absolute Gasteiger partial charge is 0.124 e. The number of hydrogen-bond donors (Lipinski definition) is 1. The number of aromatic nitrogens is 2. The van der Waals surface area contributed by atoms with Gasteiger partial charge >= 0.3 is 0 Å². The van der Waals surface area contributed by atoms with E-state index in [1.165, 1.54) is 0 Å². The van der Waals surface area contributed by atoms with Gasteiger partial charge in [0.25, 0.3) is 0 Å². The number of furan rings is 1. The highest BCUT2D eigenvalue weighted by Gasteiger charge is 2.19. The van der Waals surface area contributed by atoms with Crippen LogP contribution in [0.4, 0.5) is 0 Å². The fraction of sp³-hybridized carbons (Fsp3) is 0.462. The number of aliphatic hydroxyl groups excluding tert-OH is 1. The van der Waals surface area contributed by atoms with Crippen LogP contribution in [0.5, 0.6) is 0 Å². The van der Waals surface area contributed by atoms with E-state index in [1.54, 1.807) is 6.20 Å². The summed E-state index contributed by atoms with van der Waals surface area (Å²) in [5, 5.41) is 14.6. The van der Waals surface area contributed by atoms with Crippen LogP contribution in [-0.2, 0) is 6.54 Å². The molecule has 0 saturated heterocycles. The second kappa shape index (κ2) is 4.75. The number of rotatable bonds is 4. The second-order valence-electron chi connectivity index (χ2n) is 4.25. The molecule has 17 heavy (non-hydrogen) atoms. The molecule has 0 radical (unpaired) electrons. The molecule has 1 unspecified atom stereocenters. The van der Waals surface area contributed by atoms with Gasteiger partial charge in [-0.25, -0.2) is 0 Å². The Kier molecular flexibility index (Phi) is 3.33. The molecule has 0 saturated carbocycles. The zero-order chi connectivity index (χ0) is 12.4. The molecule has 92 valence electrons. The van der Waals surface area contributed by atoms with Crippen molar-refractivity contribution in [3.8, 4) is 0 Å². The lowest BCUT2D eigenvalue weighted by atomic mass is 10.1. The molecular weight excluding hydrogens is 216 g/mol. The molecule has 4 nitrogen and oxygen atoms in total. The molecule has 0 aliphatic carbocycles. The third-order valence-corrected chi connectivity index (χ3v) is 2.84. The van der Waals surface area contributed by atoms with Gasteiger partial charge in [-0.15, -0.1) is 0 Å². The molecule has 2 aromatic heterocycles. The Hall–Kier alpha value is -1.55. The average molecular weight is 234 g/mol. The maximum absolute atomic E-state index is 10.4. The predicted molar refractivity (Wildman–Crippen MR) is 64.8 cm³/mol. The molecular formula is C13H18N2O2. The lowest BCUT2D eigenvalue weighted by Gasteiger charge is -2.12. The van der Waals surface area contributed by atoms with Crippen LogP contribution in [-0.4, -0.2) is 14.9 Å². The maximum Gasteiger partial charge on any atom is 0.124 e. The van der Waals surface area contributed by atoms with E-state index in [9.17, 15) is 5.11 Å². The van der Waals surface area contributed by atoms with Crippen LogP contribution in [0.3, 0.4) is 0 Å². The van der Waals surface area contributed by atoms with E-state index in [-0.39, 0.29) is 0 Å². The summed E-state index contributed by atoms with van der Waals surface area (Å²) in [5.74, 6) is 1.58. The first-order valence-electron chi connectivity index (χ1n) is 5.90. The summed E-state index contributed by atoms with van der Waals surface area (Å²) in [4.78, 5) is 0. The van der Waals surface area contributed by atoms with Crippen LogP contribution in [0.15, 0.2) is 22.7 Å². The van der Waals surface area contributed by atoms with Crippen LogP contribution in [0.2, 0.25) is 0 Å². The predicted octanol–water partition coefficient (Wildman–Crippen LogP) is 2.58. The highest BCUT2D eigenvalue weighted by molar-refractivity contribution is 5.29. The van der Waals surface area contributed by atoms with Crippen molar-refractivity contribution in [2.45, 2.75) is 39.8 Å². The first-order valence-corrected chi connectivity index (χ1v) is 5.90. The molecule has 0 bridgehead atoms. The zero-order valence-corrected chi connectivity index (χ0v) is 10.5. The Balaban J connectivity index is 2.33. The minimum atomic E-state index is -0.665. The van der Waals surface area contributed by atoms with Gasteiger partial charge in [0.1, 0.15) is 17.6 Å². The fourth-order valence-electron chi connectivity index (χ4n) is 2.06. The summed E-state index contributed by atoms with van der Waals surface area (Å²) >= 11 is 0. The summed E-state index contributed by atoms with van der Waals surface area (Å²) in [7, 11) is 0.